The van der Waals surface area contributed by atoms with Crippen LogP contribution >= 0.6 is 11.3 Å². The van der Waals surface area contributed by atoms with E-state index in [1.807, 2.05) is 11.0 Å². The van der Waals surface area contributed by atoms with Crippen LogP contribution in [0, 0.1) is 5.41 Å². The van der Waals surface area contributed by atoms with Crippen LogP contribution in [0.5, 0.6) is 5.75 Å². The Hall–Kier alpha value is -2.40. The van der Waals surface area contributed by atoms with Gasteiger partial charge < -0.3 is 10.0 Å². The van der Waals surface area contributed by atoms with Gasteiger partial charge in [-0.2, -0.15) is 0 Å². The van der Waals surface area contributed by atoms with Crippen LogP contribution in [0.1, 0.15) is 69.4 Å². The van der Waals surface area contributed by atoms with Gasteiger partial charge in [0.2, 0.25) is 0 Å². The maximum Gasteiger partial charge on any atom is 0.273 e. The number of benzene rings is 1. The summed E-state index contributed by atoms with van der Waals surface area (Å²) in [6.07, 6.45) is 0. The predicted octanol–water partition coefficient (Wildman–Crippen LogP) is 6.38. The van der Waals surface area contributed by atoms with Crippen LogP contribution < -0.4 is 0 Å². The van der Waals surface area contributed by atoms with E-state index in [0.717, 1.165) is 10.9 Å². The highest BCUT2D eigenvalue weighted by atomic mass is 32.1. The number of rotatable bonds is 4. The molecule has 3 aromatic rings. The van der Waals surface area contributed by atoms with Crippen LogP contribution in [0.25, 0.3) is 10.9 Å². The third-order valence-corrected chi connectivity index (χ3v) is 7.02. The maximum atomic E-state index is 13.6. The zero-order valence-electron chi connectivity index (χ0n) is 19.0. The molecule has 0 aliphatic heterocycles. The number of hydrogen-bond donors (Lipinski definition) is 1. The number of phenols is 1. The Morgan fingerprint density at radius 3 is 2.40 bits per heavy atom. The lowest BCUT2D eigenvalue weighted by molar-refractivity contribution is 0.0524. The standard InChI is InChI=1S/C25H32N2O2S/c1-16(24(2,3)4)27(14-17-12-22(30-15-17)25(5,6)7)23(29)21-10-8-18-13-19(28)9-11-20(18)26-21/h8-13,15-16,28H,14H2,1-7H3/t16-/m1/s1. The van der Waals surface area contributed by atoms with E-state index in [4.69, 9.17) is 0 Å². The van der Waals surface area contributed by atoms with E-state index in [0.29, 0.717) is 17.8 Å². The summed E-state index contributed by atoms with van der Waals surface area (Å²) in [5, 5.41) is 12.7. The first-order valence-corrected chi connectivity index (χ1v) is 11.2. The number of hydrogen-bond acceptors (Lipinski definition) is 4. The number of nitrogens with zero attached hydrogens (tertiary/aromatic N) is 2. The molecule has 0 aliphatic rings. The molecule has 1 N–H and O–H groups in total. The van der Waals surface area contributed by atoms with Gasteiger partial charge in [-0.05, 0) is 59.0 Å². The molecular formula is C25H32N2O2S. The summed E-state index contributed by atoms with van der Waals surface area (Å²) in [4.78, 5) is 21.4. The van der Waals surface area contributed by atoms with Crippen molar-refractivity contribution in [2.75, 3.05) is 0 Å². The average Bonchev–Trinajstić information content (AvgIpc) is 3.13. The van der Waals surface area contributed by atoms with E-state index in [-0.39, 0.29) is 28.5 Å². The minimum Gasteiger partial charge on any atom is -0.508 e. The Morgan fingerprint density at radius 2 is 1.80 bits per heavy atom. The molecule has 1 atom stereocenters. The Balaban J connectivity index is 1.96. The number of phenolic OH excluding ortho intramolecular Hbond substituents is 1. The maximum absolute atomic E-state index is 13.6. The number of carbonyl (C=O) groups excluding carboxylic acids is 1. The zero-order valence-corrected chi connectivity index (χ0v) is 19.8. The number of aromatic hydroxyl groups is 1. The van der Waals surface area contributed by atoms with Crippen molar-refractivity contribution in [3.63, 3.8) is 0 Å². The summed E-state index contributed by atoms with van der Waals surface area (Å²) in [5.74, 6) is 0.120. The highest BCUT2D eigenvalue weighted by Crippen LogP contribution is 2.32. The Kier molecular flexibility index (Phi) is 5.96. The minimum absolute atomic E-state index is 0.0281. The van der Waals surface area contributed by atoms with E-state index in [9.17, 15) is 9.90 Å². The van der Waals surface area contributed by atoms with Crippen molar-refractivity contribution in [2.45, 2.75) is 66.5 Å². The molecule has 4 nitrogen and oxygen atoms in total. The Labute approximate surface area is 183 Å². The van der Waals surface area contributed by atoms with Crippen LogP contribution in [0.2, 0.25) is 0 Å². The second-order valence-electron chi connectivity index (χ2n) is 10.1. The molecule has 3 rings (SSSR count). The van der Waals surface area contributed by atoms with Crippen molar-refractivity contribution in [1.29, 1.82) is 0 Å². The molecular weight excluding hydrogens is 392 g/mol. The first-order valence-electron chi connectivity index (χ1n) is 10.3. The second-order valence-corrected chi connectivity index (χ2v) is 11.0. The molecule has 1 amide bonds. The monoisotopic (exact) mass is 424 g/mol. The molecule has 0 spiro atoms. The number of pyridine rings is 1. The van der Waals surface area contributed by atoms with Crippen molar-refractivity contribution in [1.82, 2.24) is 9.88 Å². The number of aromatic nitrogens is 1. The molecule has 1 aromatic carbocycles. The highest BCUT2D eigenvalue weighted by Gasteiger charge is 2.31. The van der Waals surface area contributed by atoms with Crippen molar-refractivity contribution in [3.05, 3.63) is 57.9 Å². The highest BCUT2D eigenvalue weighted by molar-refractivity contribution is 7.10. The molecule has 0 bridgehead atoms. The van der Waals surface area contributed by atoms with E-state index in [1.165, 1.54) is 4.88 Å². The molecule has 5 heteroatoms. The summed E-state index contributed by atoms with van der Waals surface area (Å²) in [6, 6.07) is 10.8. The lowest BCUT2D eigenvalue weighted by Gasteiger charge is -2.37. The molecule has 0 saturated heterocycles. The summed E-state index contributed by atoms with van der Waals surface area (Å²) < 4.78 is 0. The predicted molar refractivity (Wildman–Crippen MR) is 125 cm³/mol. The van der Waals surface area contributed by atoms with Crippen LogP contribution in [0.3, 0.4) is 0 Å². The van der Waals surface area contributed by atoms with Crippen molar-refractivity contribution in [2.24, 2.45) is 5.41 Å². The Bertz CT molecular complexity index is 1060. The van der Waals surface area contributed by atoms with Gasteiger partial charge in [-0.1, -0.05) is 47.6 Å². The number of fused-ring (bicyclic) bond motifs is 1. The normalized spacial score (nSPS) is 13.4. The fourth-order valence-corrected chi connectivity index (χ4v) is 4.27. The fraction of sp³-hybridized carbons (Fsp3) is 0.440. The quantitative estimate of drug-likeness (QED) is 0.529. The molecule has 2 aromatic heterocycles. The first kappa shape index (κ1) is 22.3. The van der Waals surface area contributed by atoms with Gasteiger partial charge in [0.05, 0.1) is 5.52 Å². The van der Waals surface area contributed by atoms with Gasteiger partial charge in [0, 0.05) is 22.8 Å². The van der Waals surface area contributed by atoms with E-state index < -0.39 is 0 Å². The lowest BCUT2D eigenvalue weighted by atomic mass is 9.86. The molecule has 0 unspecified atom stereocenters. The fourth-order valence-electron chi connectivity index (χ4n) is 3.28. The third kappa shape index (κ3) is 4.84. The van der Waals surface area contributed by atoms with Gasteiger partial charge in [-0.25, -0.2) is 4.98 Å². The summed E-state index contributed by atoms with van der Waals surface area (Å²) in [7, 11) is 0. The van der Waals surface area contributed by atoms with E-state index in [2.05, 4.69) is 64.9 Å². The molecule has 0 radical (unpaired) electrons. The van der Waals surface area contributed by atoms with E-state index >= 15 is 0 Å². The minimum atomic E-state index is -0.0732. The molecule has 0 saturated carbocycles. The van der Waals surface area contributed by atoms with Crippen LogP contribution in [0.15, 0.2) is 41.8 Å². The topological polar surface area (TPSA) is 53.4 Å². The largest absolute Gasteiger partial charge is 0.508 e. The lowest BCUT2D eigenvalue weighted by Crippen LogP contribution is -2.45. The van der Waals surface area contributed by atoms with Crippen LogP contribution in [0.4, 0.5) is 0 Å². The zero-order chi connectivity index (χ0) is 22.3. The number of carbonyl (C=O) groups is 1. The Morgan fingerprint density at radius 1 is 1.10 bits per heavy atom. The van der Waals surface area contributed by atoms with Gasteiger partial charge in [-0.3, -0.25) is 4.79 Å². The van der Waals surface area contributed by atoms with Crippen molar-refractivity contribution >= 4 is 28.1 Å². The molecule has 160 valence electrons. The molecule has 2 heterocycles. The van der Waals surface area contributed by atoms with Gasteiger partial charge >= 0.3 is 0 Å². The SMILES string of the molecule is C[C@@H](N(Cc1csc(C(C)(C)C)c1)C(=O)c1ccc2cc(O)ccc2n1)C(C)(C)C. The molecule has 0 aliphatic carbocycles. The van der Waals surface area contributed by atoms with Gasteiger partial charge in [0.1, 0.15) is 11.4 Å². The number of thiophene rings is 1. The second kappa shape index (κ2) is 8.03. The third-order valence-electron chi connectivity index (χ3n) is 5.62. The molecule has 30 heavy (non-hydrogen) atoms. The van der Waals surface area contributed by atoms with E-state index in [1.54, 1.807) is 35.6 Å². The van der Waals surface area contributed by atoms with Crippen molar-refractivity contribution in [3.8, 4) is 5.75 Å². The van der Waals surface area contributed by atoms with Gasteiger partial charge in [0.25, 0.3) is 5.91 Å². The van der Waals surface area contributed by atoms with Gasteiger partial charge in [0.15, 0.2) is 0 Å². The first-order chi connectivity index (χ1) is 13.9. The summed E-state index contributed by atoms with van der Waals surface area (Å²) >= 11 is 1.75. The van der Waals surface area contributed by atoms with Crippen LogP contribution in [-0.2, 0) is 12.0 Å². The molecule has 0 fully saturated rings. The smallest absolute Gasteiger partial charge is 0.273 e. The number of amides is 1. The summed E-state index contributed by atoms with van der Waals surface area (Å²) in [6.45, 7) is 15.8. The summed E-state index contributed by atoms with van der Waals surface area (Å²) in [5.41, 5.74) is 2.31. The average molecular weight is 425 g/mol. The van der Waals surface area contributed by atoms with Crippen molar-refractivity contribution < 1.29 is 9.90 Å². The van der Waals surface area contributed by atoms with Crippen LogP contribution in [-0.4, -0.2) is 26.9 Å². The van der Waals surface area contributed by atoms with Gasteiger partial charge in [-0.15, -0.1) is 11.3 Å².